The van der Waals surface area contributed by atoms with Gasteiger partial charge in [0.1, 0.15) is 11.5 Å². The van der Waals surface area contributed by atoms with E-state index in [9.17, 15) is 5.11 Å². The lowest BCUT2D eigenvalue weighted by Gasteiger charge is -2.15. The summed E-state index contributed by atoms with van der Waals surface area (Å²) in [5, 5.41) is 9.29. The molecule has 92 valence electrons. The molecule has 0 aliphatic carbocycles. The number of hydrogen-bond donors (Lipinski definition) is 3. The molecule has 0 saturated carbocycles. The van der Waals surface area contributed by atoms with Crippen molar-refractivity contribution >= 4 is 12.4 Å². The van der Waals surface area contributed by atoms with Crippen LogP contribution in [0.1, 0.15) is 24.4 Å². The van der Waals surface area contributed by atoms with Gasteiger partial charge in [0.2, 0.25) is 0 Å². The monoisotopic (exact) mass is 246 g/mol. The zero-order chi connectivity index (χ0) is 11.3. The van der Waals surface area contributed by atoms with Crippen molar-refractivity contribution in [3.8, 4) is 11.5 Å². The Hall–Kier alpha value is -0.970. The van der Waals surface area contributed by atoms with Gasteiger partial charge in [0.05, 0.1) is 7.11 Å². The lowest BCUT2D eigenvalue weighted by molar-refractivity contribution is 0.397. The molecular formula is C11H19ClN2O2. The van der Waals surface area contributed by atoms with Crippen LogP contribution in [0.2, 0.25) is 0 Å². The van der Waals surface area contributed by atoms with Crippen LogP contribution in [0.5, 0.6) is 11.5 Å². The molecule has 0 saturated heterocycles. The van der Waals surface area contributed by atoms with Crippen LogP contribution in [0.4, 0.5) is 0 Å². The highest BCUT2D eigenvalue weighted by molar-refractivity contribution is 5.85. The Balaban J connectivity index is 0.00000225. The Morgan fingerprint density at radius 3 is 2.69 bits per heavy atom. The minimum absolute atomic E-state index is 0. The van der Waals surface area contributed by atoms with Crippen molar-refractivity contribution in [2.45, 2.75) is 18.9 Å². The van der Waals surface area contributed by atoms with Crippen molar-refractivity contribution in [1.29, 1.82) is 0 Å². The number of nitrogens with two attached hydrogens (primary N) is 2. The molecule has 1 aromatic carbocycles. The first-order chi connectivity index (χ1) is 7.19. The van der Waals surface area contributed by atoms with Gasteiger partial charge in [0.15, 0.2) is 0 Å². The van der Waals surface area contributed by atoms with E-state index in [0.29, 0.717) is 12.3 Å². The van der Waals surface area contributed by atoms with Crippen molar-refractivity contribution in [3.05, 3.63) is 23.8 Å². The fourth-order valence-corrected chi connectivity index (χ4v) is 1.50. The third-order valence-electron chi connectivity index (χ3n) is 2.34. The smallest absolute Gasteiger partial charge is 0.127 e. The maximum absolute atomic E-state index is 9.29. The maximum Gasteiger partial charge on any atom is 0.127 e. The fourth-order valence-electron chi connectivity index (χ4n) is 1.50. The molecule has 0 aromatic heterocycles. The Bertz CT molecular complexity index is 321. The highest BCUT2D eigenvalue weighted by Crippen LogP contribution is 2.29. The molecule has 1 aromatic rings. The molecule has 0 heterocycles. The molecule has 0 aliphatic rings. The molecular weight excluding hydrogens is 228 g/mol. The van der Waals surface area contributed by atoms with Crippen LogP contribution >= 0.6 is 12.4 Å². The predicted octanol–water partition coefficient (Wildman–Crippen LogP) is 1.56. The lowest BCUT2D eigenvalue weighted by Crippen LogP contribution is -2.13. The van der Waals surface area contributed by atoms with Crippen molar-refractivity contribution in [2.75, 3.05) is 13.7 Å². The summed E-state index contributed by atoms with van der Waals surface area (Å²) in [5.41, 5.74) is 12.3. The number of hydrogen-bond acceptors (Lipinski definition) is 4. The average molecular weight is 247 g/mol. The van der Waals surface area contributed by atoms with Crippen LogP contribution in [0, 0.1) is 0 Å². The highest BCUT2D eigenvalue weighted by Gasteiger charge is 2.11. The standard InChI is InChI=1S/C11H18N2O2.ClH/c1-15-11-7-8(14)4-5-9(11)10(13)3-2-6-12;/h4-5,7,10,14H,2-3,6,12-13H2,1H3;1H/t10-;/m0./s1. The quantitative estimate of drug-likeness (QED) is 0.737. The molecule has 5 heteroatoms. The molecule has 1 rings (SSSR count). The van der Waals surface area contributed by atoms with E-state index in [1.807, 2.05) is 0 Å². The minimum atomic E-state index is -0.0934. The van der Waals surface area contributed by atoms with Gasteiger partial charge >= 0.3 is 0 Å². The fraction of sp³-hybridized carbons (Fsp3) is 0.455. The van der Waals surface area contributed by atoms with Gasteiger partial charge in [-0.15, -0.1) is 12.4 Å². The Kier molecular flexibility index (Phi) is 6.88. The van der Waals surface area contributed by atoms with Gasteiger partial charge < -0.3 is 21.3 Å². The summed E-state index contributed by atoms with van der Waals surface area (Å²) in [7, 11) is 1.56. The number of aromatic hydroxyl groups is 1. The van der Waals surface area contributed by atoms with E-state index >= 15 is 0 Å². The van der Waals surface area contributed by atoms with Gasteiger partial charge in [-0.25, -0.2) is 0 Å². The molecule has 4 nitrogen and oxygen atoms in total. The lowest BCUT2D eigenvalue weighted by atomic mass is 10.0. The third-order valence-corrected chi connectivity index (χ3v) is 2.34. The van der Waals surface area contributed by atoms with Crippen LogP contribution < -0.4 is 16.2 Å². The number of phenolic OH excluding ortho intramolecular Hbond substituents is 1. The predicted molar refractivity (Wildman–Crippen MR) is 67.1 cm³/mol. The normalized spacial score (nSPS) is 11.7. The summed E-state index contributed by atoms with van der Waals surface area (Å²) in [6, 6.07) is 4.87. The van der Waals surface area contributed by atoms with Crippen molar-refractivity contribution < 1.29 is 9.84 Å². The summed E-state index contributed by atoms with van der Waals surface area (Å²) in [6.07, 6.45) is 1.70. The second kappa shape index (κ2) is 7.33. The molecule has 0 spiro atoms. The maximum atomic E-state index is 9.29. The second-order valence-corrected chi connectivity index (χ2v) is 3.46. The summed E-state index contributed by atoms with van der Waals surface area (Å²) in [4.78, 5) is 0. The van der Waals surface area contributed by atoms with Crippen molar-refractivity contribution in [3.63, 3.8) is 0 Å². The molecule has 0 unspecified atom stereocenters. The van der Waals surface area contributed by atoms with Crippen LogP contribution in [-0.4, -0.2) is 18.8 Å². The molecule has 0 aliphatic heterocycles. The summed E-state index contributed by atoms with van der Waals surface area (Å²) >= 11 is 0. The number of halogens is 1. The number of rotatable bonds is 5. The topological polar surface area (TPSA) is 81.5 Å². The third kappa shape index (κ3) is 3.89. The molecule has 5 N–H and O–H groups in total. The van der Waals surface area contributed by atoms with Crippen LogP contribution in [0.3, 0.4) is 0 Å². The van der Waals surface area contributed by atoms with E-state index in [-0.39, 0.29) is 24.2 Å². The number of phenols is 1. The van der Waals surface area contributed by atoms with Gasteiger partial charge in [-0.3, -0.25) is 0 Å². The van der Waals surface area contributed by atoms with Crippen molar-refractivity contribution in [2.24, 2.45) is 11.5 Å². The first-order valence-corrected chi connectivity index (χ1v) is 5.01. The summed E-state index contributed by atoms with van der Waals surface area (Å²) < 4.78 is 5.16. The van der Waals surface area contributed by atoms with Crippen LogP contribution in [0.15, 0.2) is 18.2 Å². The van der Waals surface area contributed by atoms with E-state index in [1.54, 1.807) is 25.3 Å². The molecule has 1 atom stereocenters. The number of ether oxygens (including phenoxy) is 1. The van der Waals surface area contributed by atoms with Gasteiger partial charge in [-0.05, 0) is 25.5 Å². The molecule has 16 heavy (non-hydrogen) atoms. The van der Waals surface area contributed by atoms with Gasteiger partial charge in [0, 0.05) is 17.7 Å². The number of methoxy groups -OCH3 is 1. The summed E-state index contributed by atoms with van der Waals surface area (Å²) in [6.45, 7) is 0.633. The van der Waals surface area contributed by atoms with Gasteiger partial charge in [-0.2, -0.15) is 0 Å². The molecule has 0 bridgehead atoms. The molecule has 0 amide bonds. The summed E-state index contributed by atoms with van der Waals surface area (Å²) in [5.74, 6) is 0.807. The zero-order valence-corrected chi connectivity index (χ0v) is 10.2. The van der Waals surface area contributed by atoms with Crippen molar-refractivity contribution in [1.82, 2.24) is 0 Å². The largest absolute Gasteiger partial charge is 0.508 e. The first kappa shape index (κ1) is 15.0. The van der Waals surface area contributed by atoms with E-state index in [0.717, 1.165) is 18.4 Å². The van der Waals surface area contributed by atoms with Crippen LogP contribution in [-0.2, 0) is 0 Å². The van der Waals surface area contributed by atoms with E-state index in [1.165, 1.54) is 0 Å². The Morgan fingerprint density at radius 2 is 2.12 bits per heavy atom. The van der Waals surface area contributed by atoms with E-state index in [4.69, 9.17) is 16.2 Å². The average Bonchev–Trinajstić information content (AvgIpc) is 2.25. The molecule has 0 fully saturated rings. The highest BCUT2D eigenvalue weighted by atomic mass is 35.5. The van der Waals surface area contributed by atoms with Crippen LogP contribution in [0.25, 0.3) is 0 Å². The van der Waals surface area contributed by atoms with E-state index in [2.05, 4.69) is 0 Å². The minimum Gasteiger partial charge on any atom is -0.508 e. The van der Waals surface area contributed by atoms with E-state index < -0.39 is 0 Å². The zero-order valence-electron chi connectivity index (χ0n) is 9.35. The van der Waals surface area contributed by atoms with Gasteiger partial charge in [0.25, 0.3) is 0 Å². The number of benzene rings is 1. The Labute approximate surface area is 102 Å². The molecule has 0 radical (unpaired) electrons. The Morgan fingerprint density at radius 1 is 1.44 bits per heavy atom. The second-order valence-electron chi connectivity index (χ2n) is 3.46. The van der Waals surface area contributed by atoms with Gasteiger partial charge in [-0.1, -0.05) is 6.07 Å². The SMILES string of the molecule is COc1cc(O)ccc1[C@@H](N)CCCN.Cl. The first-order valence-electron chi connectivity index (χ1n) is 5.01.